The summed E-state index contributed by atoms with van der Waals surface area (Å²) in [6.45, 7) is -0.347. The Morgan fingerprint density at radius 2 is 1.69 bits per heavy atom. The minimum Gasteiger partial charge on any atom is -0.545 e. The summed E-state index contributed by atoms with van der Waals surface area (Å²) in [5.41, 5.74) is 0.443. The van der Waals surface area contributed by atoms with Gasteiger partial charge < -0.3 is 14.6 Å². The molecule has 0 amide bonds. The van der Waals surface area contributed by atoms with E-state index in [1.807, 2.05) is 0 Å². The number of hydrogen-bond donors (Lipinski definition) is 0. The van der Waals surface area contributed by atoms with Crippen LogP contribution in [0, 0.1) is 0 Å². The number of carboxylic acids is 1. The molecule has 2 aromatic carbocycles. The number of nitrogens with zero attached hydrogens (tertiary/aromatic N) is 3. The molecular weight excluding hydrogens is 534 g/mol. The maximum absolute atomic E-state index is 13.6. The number of fused-ring (bicyclic) bond motifs is 1. The van der Waals surface area contributed by atoms with Gasteiger partial charge in [-0.2, -0.15) is 0 Å². The molecule has 0 N–H and O–H groups in total. The zero-order valence-corrected chi connectivity index (χ0v) is 22.0. The van der Waals surface area contributed by atoms with Crippen molar-refractivity contribution in [3.63, 3.8) is 0 Å². The maximum atomic E-state index is 13.6. The number of halogens is 4. The fraction of sp³-hybridized carbons (Fsp3) is 0.0909. The molecule has 36 heavy (non-hydrogen) atoms. The average Bonchev–Trinajstić information content (AvgIpc) is 3.13. The number of alkyl halides is 3. The number of aromatic carboxylic acids is 1. The van der Waals surface area contributed by atoms with Crippen LogP contribution in [0.4, 0.5) is 19.0 Å². The number of carbonyl (C=O) groups is 1. The molecule has 0 fully saturated rings. The fourth-order valence-electron chi connectivity index (χ4n) is 3.24. The van der Waals surface area contributed by atoms with Crippen molar-refractivity contribution in [3.8, 4) is 5.75 Å². The van der Waals surface area contributed by atoms with Gasteiger partial charge >= 0.3 is 35.9 Å². The van der Waals surface area contributed by atoms with Crippen LogP contribution in [0.2, 0.25) is 5.15 Å². The Morgan fingerprint density at radius 3 is 2.25 bits per heavy atom. The van der Waals surface area contributed by atoms with Crippen LogP contribution < -0.4 is 43.7 Å². The predicted molar refractivity (Wildman–Crippen MR) is 117 cm³/mol. The third-order valence-electron chi connectivity index (χ3n) is 4.85. The van der Waals surface area contributed by atoms with E-state index in [1.54, 1.807) is 24.4 Å². The van der Waals surface area contributed by atoms with Crippen molar-refractivity contribution < 1.29 is 65.8 Å². The Kier molecular flexibility index (Phi) is 8.26. The van der Waals surface area contributed by atoms with Crippen molar-refractivity contribution >= 4 is 39.1 Å². The van der Waals surface area contributed by atoms with Crippen molar-refractivity contribution in [2.45, 2.75) is 17.8 Å². The van der Waals surface area contributed by atoms with E-state index in [2.05, 4.69) is 9.72 Å². The zero-order valence-electron chi connectivity index (χ0n) is 18.4. The number of carboxylic acid groups (broad SMARTS) is 1. The molecule has 2 heterocycles. The molecule has 2 aromatic heterocycles. The molecule has 14 heteroatoms. The monoisotopic (exact) mass is 547 g/mol. The summed E-state index contributed by atoms with van der Waals surface area (Å²) in [5.74, 6) is -2.08. The van der Waals surface area contributed by atoms with Gasteiger partial charge in [0.05, 0.1) is 17.4 Å². The molecule has 0 aliphatic heterocycles. The van der Waals surface area contributed by atoms with Crippen LogP contribution in [0.25, 0.3) is 5.65 Å². The van der Waals surface area contributed by atoms with Gasteiger partial charge in [0.2, 0.25) is 0 Å². The van der Waals surface area contributed by atoms with E-state index in [4.69, 9.17) is 11.6 Å². The van der Waals surface area contributed by atoms with Gasteiger partial charge in [0.15, 0.2) is 11.0 Å². The maximum Gasteiger partial charge on any atom is 1.00 e. The van der Waals surface area contributed by atoms with Crippen LogP contribution in [0.15, 0.2) is 77.8 Å². The number of hydrogen-bond acceptors (Lipinski definition) is 6. The van der Waals surface area contributed by atoms with Crippen LogP contribution in [0.5, 0.6) is 5.75 Å². The van der Waals surface area contributed by atoms with Gasteiger partial charge in [0, 0.05) is 6.20 Å². The zero-order chi connectivity index (χ0) is 25.4. The first-order valence-corrected chi connectivity index (χ1v) is 11.6. The molecule has 0 aliphatic carbocycles. The van der Waals surface area contributed by atoms with Gasteiger partial charge in [-0.15, -0.1) is 13.2 Å². The normalized spacial score (nSPS) is 11.7. The van der Waals surface area contributed by atoms with Crippen molar-refractivity contribution in [1.82, 2.24) is 9.38 Å². The minimum atomic E-state index is -4.88. The summed E-state index contributed by atoms with van der Waals surface area (Å²) in [5, 5.41) is 11.0. The minimum absolute atomic E-state index is 0. The van der Waals surface area contributed by atoms with Gasteiger partial charge in [-0.25, -0.2) is 17.7 Å². The Labute approximate surface area is 230 Å². The molecule has 0 unspecified atom stereocenters. The number of imidazole rings is 1. The fourth-order valence-corrected chi connectivity index (χ4v) is 4.98. The van der Waals surface area contributed by atoms with Crippen molar-refractivity contribution in [2.75, 3.05) is 4.31 Å². The van der Waals surface area contributed by atoms with Gasteiger partial charge in [0.25, 0.3) is 10.0 Å². The van der Waals surface area contributed by atoms with E-state index in [1.165, 1.54) is 16.5 Å². The number of ether oxygens (including phenoxy) is 1. The molecule has 0 saturated heterocycles. The van der Waals surface area contributed by atoms with Gasteiger partial charge in [0.1, 0.15) is 11.4 Å². The van der Waals surface area contributed by atoms with Crippen LogP contribution >= 0.6 is 11.6 Å². The smallest absolute Gasteiger partial charge is 0.545 e. The second kappa shape index (κ2) is 10.7. The third-order valence-corrected chi connectivity index (χ3v) is 6.95. The molecule has 8 nitrogen and oxygen atoms in total. The molecule has 0 atom stereocenters. The average molecular weight is 548 g/mol. The Bertz CT molecular complexity index is 1490. The second-order valence-electron chi connectivity index (χ2n) is 7.17. The summed E-state index contributed by atoms with van der Waals surface area (Å²) in [6.07, 6.45) is -3.30. The van der Waals surface area contributed by atoms with Crippen LogP contribution in [-0.2, 0) is 16.6 Å². The molecule has 0 aliphatic rings. The van der Waals surface area contributed by atoms with E-state index < -0.39 is 28.1 Å². The van der Waals surface area contributed by atoms with E-state index in [0.29, 0.717) is 11.2 Å². The van der Waals surface area contributed by atoms with Gasteiger partial charge in [-0.1, -0.05) is 41.9 Å². The number of carbonyl (C=O) groups excluding carboxylic acids is 1. The molecule has 0 radical (unpaired) electrons. The number of benzene rings is 2. The molecule has 0 saturated carbocycles. The van der Waals surface area contributed by atoms with E-state index >= 15 is 0 Å². The van der Waals surface area contributed by atoms with Gasteiger partial charge in [-0.3, -0.25) is 4.40 Å². The quantitative estimate of drug-likeness (QED) is 0.315. The number of rotatable bonds is 7. The molecule has 4 rings (SSSR count). The molecule has 0 spiro atoms. The largest absolute Gasteiger partial charge is 1.00 e. The summed E-state index contributed by atoms with van der Waals surface area (Å²) < 4.78 is 70.8. The topological polar surface area (TPSA) is 104 Å². The first-order chi connectivity index (χ1) is 16.5. The summed E-state index contributed by atoms with van der Waals surface area (Å²) in [7, 11) is -4.36. The van der Waals surface area contributed by atoms with Crippen LogP contribution in [-0.4, -0.2) is 30.1 Å². The van der Waals surface area contributed by atoms with E-state index in [-0.39, 0.29) is 57.5 Å². The molecule has 0 bridgehead atoms. The van der Waals surface area contributed by atoms with Crippen LogP contribution in [0.1, 0.15) is 15.9 Å². The molecular formula is C22H14ClF3N3NaO5S. The van der Waals surface area contributed by atoms with Crippen molar-refractivity contribution in [2.24, 2.45) is 0 Å². The first-order valence-electron chi connectivity index (χ1n) is 9.77. The van der Waals surface area contributed by atoms with Crippen molar-refractivity contribution in [1.29, 1.82) is 0 Å². The predicted octanol–water partition coefficient (Wildman–Crippen LogP) is 0.649. The van der Waals surface area contributed by atoms with Gasteiger partial charge in [-0.05, 0) is 47.5 Å². The number of sulfonamides is 1. The van der Waals surface area contributed by atoms with E-state index in [9.17, 15) is 31.5 Å². The Morgan fingerprint density at radius 1 is 1.06 bits per heavy atom. The summed E-state index contributed by atoms with van der Waals surface area (Å²) >= 11 is 6.44. The first kappa shape index (κ1) is 27.8. The van der Waals surface area contributed by atoms with Crippen LogP contribution in [0.3, 0.4) is 0 Å². The third kappa shape index (κ3) is 5.95. The standard InChI is InChI=1S/C22H15ClF3N3O5S.Na/c23-19-20(27-18-3-1-2-12-28(18)19)29(13-14-4-8-16(9-5-14)34-22(24,25)26)35(32,33)17-10-6-15(7-11-17)21(30)31;/h1-12H,13H2,(H,30,31);/q;+1/p-1. The van der Waals surface area contributed by atoms with Crippen molar-refractivity contribution in [3.05, 3.63) is 89.2 Å². The summed E-state index contributed by atoms with van der Waals surface area (Å²) in [4.78, 5) is 15.1. The Hall–Kier alpha value is -2.77. The second-order valence-corrected chi connectivity index (χ2v) is 9.39. The number of anilines is 1. The number of pyridine rings is 1. The number of aromatic nitrogens is 2. The SMILES string of the molecule is O=C([O-])c1ccc(S(=O)(=O)N(Cc2ccc(OC(F)(F)F)cc2)c2nc3ccccn3c2Cl)cc1.[Na+]. The molecule has 182 valence electrons. The van der Waals surface area contributed by atoms with E-state index in [0.717, 1.165) is 40.7 Å². The summed E-state index contributed by atoms with van der Waals surface area (Å²) in [6, 6.07) is 13.9. The Balaban J connectivity index is 0.00000361. The molecule has 4 aromatic rings.